The first-order chi connectivity index (χ1) is 21.6. The van der Waals surface area contributed by atoms with Gasteiger partial charge < -0.3 is 14.8 Å². The number of hydrogen-bond acceptors (Lipinski definition) is 4. The van der Waals surface area contributed by atoms with Gasteiger partial charge in [0.2, 0.25) is 5.91 Å². The molecule has 2 saturated heterocycles. The van der Waals surface area contributed by atoms with E-state index in [2.05, 4.69) is 89.7 Å². The first-order valence-electron chi connectivity index (χ1n) is 16.0. The Bertz CT molecular complexity index is 1770. The third-order valence-corrected chi connectivity index (χ3v) is 10.4. The third-order valence-electron chi connectivity index (χ3n) is 9.32. The zero-order chi connectivity index (χ0) is 31.7. The van der Waals surface area contributed by atoms with Crippen LogP contribution in [0.2, 0.25) is 0 Å². The number of nitrogens with one attached hydrogen (secondary N) is 2. The molecule has 8 nitrogen and oxygen atoms in total. The van der Waals surface area contributed by atoms with Crippen molar-refractivity contribution in [3.8, 4) is 11.3 Å². The average Bonchev–Trinajstić information content (AvgIpc) is 3.82. The van der Waals surface area contributed by atoms with Gasteiger partial charge in [-0.1, -0.05) is 28.7 Å². The molecular formula is C36H43N7OS. The molecule has 1 atom stereocenters. The minimum absolute atomic E-state index is 0.197. The van der Waals surface area contributed by atoms with Crippen molar-refractivity contribution in [1.29, 1.82) is 0 Å². The molecule has 0 radical (unpaired) electrons. The van der Waals surface area contributed by atoms with E-state index in [0.717, 1.165) is 83.9 Å². The van der Waals surface area contributed by atoms with E-state index in [9.17, 15) is 4.79 Å². The number of nitrogens with zero attached hydrogens (tertiary/aromatic N) is 5. The maximum absolute atomic E-state index is 13.6. The van der Waals surface area contributed by atoms with Crippen LogP contribution in [-0.4, -0.2) is 64.4 Å². The van der Waals surface area contributed by atoms with Gasteiger partial charge in [0.25, 0.3) is 5.96 Å². The lowest BCUT2D eigenvalue weighted by Crippen LogP contribution is -2.41. The van der Waals surface area contributed by atoms with E-state index in [1.54, 1.807) is 11.3 Å². The van der Waals surface area contributed by atoms with Crippen LogP contribution < -0.4 is 5.43 Å². The van der Waals surface area contributed by atoms with Gasteiger partial charge in [0.1, 0.15) is 0 Å². The van der Waals surface area contributed by atoms with Crippen molar-refractivity contribution in [1.82, 2.24) is 25.2 Å². The van der Waals surface area contributed by atoms with Crippen molar-refractivity contribution >= 4 is 34.1 Å². The van der Waals surface area contributed by atoms with Gasteiger partial charge in [0, 0.05) is 66.3 Å². The molecule has 4 heterocycles. The number of aryl methyl sites for hydroxylation is 3. The first kappa shape index (κ1) is 30.8. The van der Waals surface area contributed by atoms with E-state index in [1.165, 1.54) is 16.7 Å². The van der Waals surface area contributed by atoms with Gasteiger partial charge in [-0.3, -0.25) is 4.79 Å². The number of likely N-dealkylation sites (tertiary alicyclic amines) is 2. The Balaban J connectivity index is 1.32. The van der Waals surface area contributed by atoms with Crippen LogP contribution in [0, 0.1) is 27.3 Å². The number of carbonyl (C=O) groups excluding carboxylic acids is 1. The highest BCUT2D eigenvalue weighted by molar-refractivity contribution is 7.09. The number of carbonyl (C=O) groups is 1. The largest absolute Gasteiger partial charge is 0.354 e. The van der Waals surface area contributed by atoms with Gasteiger partial charge in [-0.2, -0.15) is 11.5 Å². The summed E-state index contributed by atoms with van der Waals surface area (Å²) in [7, 11) is 0. The molecule has 6 rings (SSSR count). The van der Waals surface area contributed by atoms with E-state index in [0.29, 0.717) is 24.8 Å². The van der Waals surface area contributed by atoms with E-state index < -0.39 is 5.41 Å². The predicted octanol–water partition coefficient (Wildman–Crippen LogP) is 6.93. The van der Waals surface area contributed by atoms with Crippen LogP contribution in [0.15, 0.2) is 46.8 Å². The summed E-state index contributed by atoms with van der Waals surface area (Å²) < 4.78 is 0. The molecule has 1 unspecified atom stereocenters. The third kappa shape index (κ3) is 6.34. The Morgan fingerprint density at radius 2 is 1.87 bits per heavy atom. The molecule has 0 bridgehead atoms. The normalized spacial score (nSPS) is 17.3. The number of aromatic nitrogens is 2. The van der Waals surface area contributed by atoms with Gasteiger partial charge in [-0.15, -0.1) is 11.3 Å². The molecule has 4 aromatic rings. The summed E-state index contributed by atoms with van der Waals surface area (Å²) in [6.45, 7) is 21.8. The molecule has 2 aromatic heterocycles. The highest BCUT2D eigenvalue weighted by atomic mass is 32.1. The van der Waals surface area contributed by atoms with Crippen molar-refractivity contribution in [2.24, 2.45) is 4.99 Å². The number of H-pyrrole nitrogens is 1. The molecule has 0 aliphatic carbocycles. The summed E-state index contributed by atoms with van der Waals surface area (Å²) in [5, 5.41) is 4.39. The van der Waals surface area contributed by atoms with Crippen molar-refractivity contribution in [3.63, 3.8) is 0 Å². The Morgan fingerprint density at radius 1 is 1.11 bits per heavy atom. The molecule has 2 aliphatic rings. The monoisotopic (exact) mass is 621 g/mol. The Morgan fingerprint density at radius 3 is 2.56 bits per heavy atom. The average molecular weight is 622 g/mol. The minimum atomic E-state index is -0.625. The molecule has 2 N–H and O–H groups in total. The van der Waals surface area contributed by atoms with Crippen molar-refractivity contribution < 1.29 is 4.79 Å². The zero-order valence-electron chi connectivity index (χ0n) is 27.0. The summed E-state index contributed by atoms with van der Waals surface area (Å²) in [6, 6.07) is 13.1. The van der Waals surface area contributed by atoms with Gasteiger partial charge in [-0.25, -0.2) is 9.98 Å². The van der Waals surface area contributed by atoms with Gasteiger partial charge in [0.05, 0.1) is 10.4 Å². The van der Waals surface area contributed by atoms with Crippen molar-refractivity contribution in [2.75, 3.05) is 32.7 Å². The predicted molar refractivity (Wildman–Crippen MR) is 184 cm³/mol. The second-order valence-electron chi connectivity index (χ2n) is 13.2. The molecule has 9 heteroatoms. The number of rotatable bonds is 7. The van der Waals surface area contributed by atoms with Crippen LogP contribution in [0.25, 0.3) is 27.1 Å². The lowest BCUT2D eigenvalue weighted by Gasteiger charge is -2.29. The maximum Gasteiger partial charge on any atom is 0.264 e. The number of guanidine groups is 1. The Hall–Kier alpha value is -4.16. The summed E-state index contributed by atoms with van der Waals surface area (Å²) in [4.78, 5) is 34.7. The van der Waals surface area contributed by atoms with E-state index in [4.69, 9.17) is 16.5 Å². The van der Waals surface area contributed by atoms with Crippen molar-refractivity contribution in [2.45, 2.75) is 71.6 Å². The van der Waals surface area contributed by atoms with Crippen LogP contribution in [0.1, 0.15) is 72.0 Å². The smallest absolute Gasteiger partial charge is 0.264 e. The fourth-order valence-corrected chi connectivity index (χ4v) is 7.87. The minimum Gasteiger partial charge on any atom is -0.354 e. The topological polar surface area (TPSA) is 81.0 Å². The lowest BCUT2D eigenvalue weighted by atomic mass is 9.82. The fourth-order valence-electron chi connectivity index (χ4n) is 6.94. The van der Waals surface area contributed by atoms with Gasteiger partial charge in [-0.05, 0) is 101 Å². The number of benzene rings is 2. The second-order valence-corrected chi connectivity index (χ2v) is 14.1. The van der Waals surface area contributed by atoms with Crippen molar-refractivity contribution in [3.05, 3.63) is 86.3 Å². The fraction of sp³-hybridized carbons (Fsp3) is 0.444. The molecule has 2 aromatic carbocycles. The number of amides is 1. The Kier molecular flexibility index (Phi) is 8.69. The maximum atomic E-state index is 13.6. The van der Waals surface area contributed by atoms with Crippen LogP contribution >= 0.6 is 11.3 Å². The van der Waals surface area contributed by atoms with Crippen LogP contribution in [0.3, 0.4) is 0 Å². The standard InChI is InChI=1S/C36H43N7OS/c1-23-17-24(2)19-27(18-23)32-29(11-13-38-35(41-37-6)43-16-12-26(21-43)33-39-25(3)22-45-33)30-20-28(9-10-31(30)40-32)36(4,5)34(44)42-14-7-8-15-42/h9-10,17-20,22,26,40H,7-8,11-16,21H2,1-5H3,(H,38,41). The van der Waals surface area contributed by atoms with E-state index in [1.807, 2.05) is 11.8 Å². The highest BCUT2D eigenvalue weighted by Crippen LogP contribution is 2.36. The summed E-state index contributed by atoms with van der Waals surface area (Å²) >= 11 is 1.72. The molecule has 2 aliphatic heterocycles. The Labute approximate surface area is 270 Å². The van der Waals surface area contributed by atoms with Gasteiger partial charge in [0.15, 0.2) is 0 Å². The van der Waals surface area contributed by atoms with Crippen LogP contribution in [0.5, 0.6) is 0 Å². The van der Waals surface area contributed by atoms with E-state index >= 15 is 0 Å². The zero-order valence-corrected chi connectivity index (χ0v) is 27.9. The second kappa shape index (κ2) is 12.7. The molecular weight excluding hydrogens is 579 g/mol. The molecule has 45 heavy (non-hydrogen) atoms. The number of fused-ring (bicyclic) bond motifs is 1. The number of aromatic amines is 1. The molecule has 2 fully saturated rings. The SMILES string of the molecule is [C-]#[N+]NC(=NCCc1c(-c2cc(C)cc(C)c2)[nH]c2ccc(C(C)(C)C(=O)N3CCCC3)cc12)N1CCC(c2nc(C)cs2)C1. The number of hydrogen-bond donors (Lipinski definition) is 2. The van der Waals surface area contributed by atoms with E-state index in [-0.39, 0.29) is 5.91 Å². The molecule has 0 saturated carbocycles. The molecule has 234 valence electrons. The lowest BCUT2D eigenvalue weighted by molar-refractivity contribution is -0.135. The summed E-state index contributed by atoms with van der Waals surface area (Å²) in [5.41, 5.74) is 11.2. The van der Waals surface area contributed by atoms with Crippen LogP contribution in [-0.2, 0) is 16.6 Å². The number of thiazole rings is 1. The summed E-state index contributed by atoms with van der Waals surface area (Å²) in [5.74, 6) is 1.19. The first-order valence-corrected chi connectivity index (χ1v) is 16.9. The number of aliphatic imine (C=N–C) groups is 1. The summed E-state index contributed by atoms with van der Waals surface area (Å²) in [6.07, 6.45) is 3.85. The quantitative estimate of drug-likeness (QED) is 0.102. The molecule has 1 amide bonds. The van der Waals surface area contributed by atoms with Gasteiger partial charge >= 0.3 is 0 Å². The van der Waals surface area contributed by atoms with Crippen LogP contribution in [0.4, 0.5) is 0 Å². The highest BCUT2D eigenvalue weighted by Gasteiger charge is 2.35. The molecule has 0 spiro atoms.